The molecule has 4 rings (SSSR count). The Labute approximate surface area is 174 Å². The van der Waals surface area contributed by atoms with Crippen LogP contribution >= 0.6 is 11.8 Å². The zero-order valence-electron chi connectivity index (χ0n) is 16.0. The van der Waals surface area contributed by atoms with Crippen LogP contribution in [0.4, 0.5) is 4.39 Å². The Kier molecular flexibility index (Phi) is 5.96. The monoisotopic (exact) mass is 437 g/mol. The molecule has 1 saturated heterocycles. The maximum atomic E-state index is 13.1. The van der Waals surface area contributed by atoms with Crippen LogP contribution in [0.15, 0.2) is 35.6 Å². The fourth-order valence-electron chi connectivity index (χ4n) is 4.24. The maximum absolute atomic E-state index is 13.1. The van der Waals surface area contributed by atoms with Crippen LogP contribution in [0.2, 0.25) is 0 Å². The van der Waals surface area contributed by atoms with E-state index in [1.165, 1.54) is 23.9 Å². The summed E-state index contributed by atoms with van der Waals surface area (Å²) in [5, 5.41) is 0.614. The smallest absolute Gasteiger partial charge is 0.233 e. The summed E-state index contributed by atoms with van der Waals surface area (Å²) in [5.74, 6) is 0.136. The fraction of sp³-hybridized carbons (Fsp3) is 0.500. The summed E-state index contributed by atoms with van der Waals surface area (Å²) >= 11 is 1.31. The topological polar surface area (TPSA) is 83.1 Å². The molecule has 1 saturated carbocycles. The summed E-state index contributed by atoms with van der Waals surface area (Å²) in [6, 6.07) is 6.06. The number of aromatic amines is 1. The number of imidazole rings is 1. The van der Waals surface area contributed by atoms with Crippen molar-refractivity contribution in [3.05, 3.63) is 36.3 Å². The van der Waals surface area contributed by atoms with Crippen molar-refractivity contribution in [3.63, 3.8) is 0 Å². The molecule has 0 bridgehead atoms. The summed E-state index contributed by atoms with van der Waals surface area (Å²) in [7, 11) is -3.05. The molecule has 1 aromatic heterocycles. The van der Waals surface area contributed by atoms with Gasteiger partial charge in [-0.05, 0) is 49.1 Å². The van der Waals surface area contributed by atoms with E-state index < -0.39 is 9.84 Å². The highest BCUT2D eigenvalue weighted by Crippen LogP contribution is 2.30. The minimum Gasteiger partial charge on any atom is -0.335 e. The van der Waals surface area contributed by atoms with Gasteiger partial charge in [-0.25, -0.2) is 17.8 Å². The first kappa shape index (κ1) is 20.4. The molecule has 1 N–H and O–H groups in total. The van der Waals surface area contributed by atoms with Crippen LogP contribution in [-0.4, -0.2) is 58.5 Å². The zero-order valence-corrected chi connectivity index (χ0v) is 17.6. The molecule has 6 nitrogen and oxygen atoms in total. The SMILES string of the molecule is O=C(CSc1ncc(-c2ccc(F)cc2)[nH]1)N(C1CCCC1)[C@H]1CCS(=O)(=O)C1. The second-order valence-electron chi connectivity index (χ2n) is 7.69. The van der Waals surface area contributed by atoms with Crippen LogP contribution < -0.4 is 0 Å². The van der Waals surface area contributed by atoms with Gasteiger partial charge in [0.25, 0.3) is 0 Å². The third-order valence-electron chi connectivity index (χ3n) is 5.65. The van der Waals surface area contributed by atoms with Crippen molar-refractivity contribution in [2.45, 2.75) is 49.3 Å². The third kappa shape index (κ3) is 4.83. The molecule has 1 aliphatic heterocycles. The molecule has 1 aromatic carbocycles. The standard InChI is InChI=1S/C20H24FN3O3S2/c21-15-7-5-14(6-8-15)18-11-22-20(23-18)28-12-19(25)24(16-3-1-2-4-16)17-9-10-29(26,27)13-17/h5-8,11,16-17H,1-4,9-10,12-13H2,(H,22,23)/t17-/m0/s1. The van der Waals surface area contributed by atoms with Crippen molar-refractivity contribution >= 4 is 27.5 Å². The van der Waals surface area contributed by atoms with Crippen LogP contribution in [-0.2, 0) is 14.6 Å². The van der Waals surface area contributed by atoms with E-state index >= 15 is 0 Å². The van der Waals surface area contributed by atoms with Crippen molar-refractivity contribution in [2.24, 2.45) is 0 Å². The lowest BCUT2D eigenvalue weighted by Gasteiger charge is -2.34. The third-order valence-corrected chi connectivity index (χ3v) is 8.27. The minimum absolute atomic E-state index is 0.0243. The number of carbonyl (C=O) groups is 1. The van der Waals surface area contributed by atoms with Crippen molar-refractivity contribution in [3.8, 4) is 11.3 Å². The molecule has 0 spiro atoms. The number of benzene rings is 1. The number of hydrogen-bond acceptors (Lipinski definition) is 5. The number of nitrogens with one attached hydrogen (secondary N) is 1. The van der Waals surface area contributed by atoms with Gasteiger partial charge in [0.1, 0.15) is 5.82 Å². The first-order valence-electron chi connectivity index (χ1n) is 9.86. The molecular formula is C20H24FN3O3S2. The lowest BCUT2D eigenvalue weighted by atomic mass is 10.1. The quantitative estimate of drug-likeness (QED) is 0.702. The molecule has 0 unspecified atom stereocenters. The Balaban J connectivity index is 1.42. The summed E-state index contributed by atoms with van der Waals surface area (Å²) in [4.78, 5) is 22.4. The number of thioether (sulfide) groups is 1. The lowest BCUT2D eigenvalue weighted by molar-refractivity contribution is -0.132. The molecule has 29 heavy (non-hydrogen) atoms. The number of rotatable bonds is 6. The first-order valence-corrected chi connectivity index (χ1v) is 12.7. The molecule has 1 aliphatic carbocycles. The molecule has 2 aromatic rings. The van der Waals surface area contributed by atoms with E-state index in [9.17, 15) is 17.6 Å². The van der Waals surface area contributed by atoms with E-state index in [0.29, 0.717) is 11.6 Å². The van der Waals surface area contributed by atoms with Gasteiger partial charge in [-0.3, -0.25) is 4.79 Å². The average molecular weight is 438 g/mol. The van der Waals surface area contributed by atoms with Crippen LogP contribution in [0.25, 0.3) is 11.3 Å². The summed E-state index contributed by atoms with van der Waals surface area (Å²) in [6.45, 7) is 0. The van der Waals surface area contributed by atoms with Crippen molar-refractivity contribution < 1.29 is 17.6 Å². The molecule has 2 heterocycles. The molecule has 1 amide bonds. The largest absolute Gasteiger partial charge is 0.335 e. The van der Waals surface area contributed by atoms with Crippen molar-refractivity contribution in [2.75, 3.05) is 17.3 Å². The van der Waals surface area contributed by atoms with Crippen LogP contribution in [0.3, 0.4) is 0 Å². The summed E-state index contributed by atoms with van der Waals surface area (Å²) in [6.07, 6.45) is 6.26. The Hall–Kier alpha value is -1.87. The number of halogens is 1. The van der Waals surface area contributed by atoms with E-state index in [0.717, 1.165) is 36.9 Å². The minimum atomic E-state index is -3.05. The first-order chi connectivity index (χ1) is 13.9. The van der Waals surface area contributed by atoms with Gasteiger partial charge in [-0.1, -0.05) is 24.6 Å². The van der Waals surface area contributed by atoms with Crippen LogP contribution in [0.1, 0.15) is 32.1 Å². The predicted molar refractivity (Wildman–Crippen MR) is 111 cm³/mol. The highest BCUT2D eigenvalue weighted by molar-refractivity contribution is 7.99. The summed E-state index contributed by atoms with van der Waals surface area (Å²) in [5.41, 5.74) is 1.58. The number of H-pyrrole nitrogens is 1. The predicted octanol–water partition coefficient (Wildman–Crippen LogP) is 3.27. The van der Waals surface area contributed by atoms with Gasteiger partial charge >= 0.3 is 0 Å². The van der Waals surface area contributed by atoms with E-state index in [1.807, 2.05) is 4.90 Å². The number of amides is 1. The van der Waals surface area contributed by atoms with Crippen LogP contribution in [0.5, 0.6) is 0 Å². The Bertz CT molecular complexity index is 969. The van der Waals surface area contributed by atoms with Gasteiger partial charge in [0.05, 0.1) is 29.1 Å². The molecule has 2 aliphatic rings. The van der Waals surface area contributed by atoms with E-state index in [4.69, 9.17) is 0 Å². The fourth-order valence-corrected chi connectivity index (χ4v) is 6.67. The number of sulfone groups is 1. The molecule has 156 valence electrons. The Morgan fingerprint density at radius 2 is 1.90 bits per heavy atom. The van der Waals surface area contributed by atoms with E-state index in [1.54, 1.807) is 18.3 Å². The van der Waals surface area contributed by atoms with E-state index in [2.05, 4.69) is 9.97 Å². The van der Waals surface area contributed by atoms with Gasteiger partial charge in [0.2, 0.25) is 5.91 Å². The van der Waals surface area contributed by atoms with E-state index in [-0.39, 0.29) is 41.1 Å². The average Bonchev–Trinajstić information content (AvgIpc) is 3.43. The number of aromatic nitrogens is 2. The van der Waals surface area contributed by atoms with Crippen molar-refractivity contribution in [1.82, 2.24) is 14.9 Å². The van der Waals surface area contributed by atoms with Crippen molar-refractivity contribution in [1.29, 1.82) is 0 Å². The molecular weight excluding hydrogens is 413 g/mol. The second-order valence-corrected chi connectivity index (χ2v) is 10.9. The van der Waals surface area contributed by atoms with Gasteiger partial charge in [0, 0.05) is 12.1 Å². The molecule has 1 atom stereocenters. The Morgan fingerprint density at radius 3 is 2.55 bits per heavy atom. The van der Waals surface area contributed by atoms with Gasteiger partial charge in [-0.15, -0.1) is 0 Å². The number of nitrogens with zero attached hydrogens (tertiary/aromatic N) is 2. The van der Waals surface area contributed by atoms with Crippen LogP contribution in [0, 0.1) is 5.82 Å². The van der Waals surface area contributed by atoms with Gasteiger partial charge < -0.3 is 9.88 Å². The highest BCUT2D eigenvalue weighted by atomic mass is 32.2. The zero-order chi connectivity index (χ0) is 20.4. The molecule has 0 radical (unpaired) electrons. The summed E-state index contributed by atoms with van der Waals surface area (Å²) < 4.78 is 37.0. The molecule has 2 fully saturated rings. The van der Waals surface area contributed by atoms with Gasteiger partial charge in [-0.2, -0.15) is 0 Å². The second kappa shape index (κ2) is 8.47. The molecule has 9 heteroatoms. The van der Waals surface area contributed by atoms with Gasteiger partial charge in [0.15, 0.2) is 15.0 Å². The Morgan fingerprint density at radius 1 is 1.17 bits per heavy atom. The maximum Gasteiger partial charge on any atom is 0.233 e. The number of hydrogen-bond donors (Lipinski definition) is 1. The lowest BCUT2D eigenvalue weighted by Crippen LogP contribution is -2.47. The number of carbonyl (C=O) groups excluding carboxylic acids is 1. The normalized spacial score (nSPS) is 21.5. The highest BCUT2D eigenvalue weighted by Gasteiger charge is 2.38.